The van der Waals surface area contributed by atoms with Crippen molar-refractivity contribution in [2.75, 3.05) is 0 Å². The Bertz CT molecular complexity index is 237. The molecule has 0 aromatic carbocycles. The van der Waals surface area contributed by atoms with Gasteiger partial charge < -0.3 is 0 Å². The van der Waals surface area contributed by atoms with Crippen molar-refractivity contribution < 1.29 is 0 Å². The molecule has 0 radical (unpaired) electrons. The minimum Gasteiger partial charge on any atom is -0.134 e. The van der Waals surface area contributed by atoms with Crippen LogP contribution in [0.2, 0.25) is 0 Å². The zero-order valence-electron chi connectivity index (χ0n) is 4.32. The molecule has 1 aromatic heterocycles. The second-order valence-corrected chi connectivity index (χ2v) is 4.43. The first-order valence-corrected chi connectivity index (χ1v) is 4.61. The van der Waals surface area contributed by atoms with Gasteiger partial charge in [0.05, 0.1) is 9.35 Å². The highest BCUT2D eigenvalue weighted by molar-refractivity contribution is 9.11. The first-order valence-electron chi connectivity index (χ1n) is 2.15. The molecule has 0 amide bonds. The van der Waals surface area contributed by atoms with Gasteiger partial charge in [-0.05, 0) is 31.9 Å². The summed E-state index contributed by atoms with van der Waals surface area (Å²) in [7, 11) is 0. The van der Waals surface area contributed by atoms with Crippen LogP contribution in [0.3, 0.4) is 0 Å². The molecular formula is C6H2Br2S. The van der Waals surface area contributed by atoms with Gasteiger partial charge in [-0.2, -0.15) is 0 Å². The van der Waals surface area contributed by atoms with Gasteiger partial charge >= 0.3 is 0 Å². The van der Waals surface area contributed by atoms with Gasteiger partial charge in [0.15, 0.2) is 0 Å². The third-order valence-electron chi connectivity index (χ3n) is 0.846. The first kappa shape index (κ1) is 7.33. The second-order valence-electron chi connectivity index (χ2n) is 1.38. The van der Waals surface area contributed by atoms with E-state index in [9.17, 15) is 0 Å². The summed E-state index contributed by atoms with van der Waals surface area (Å²) in [5.41, 5.74) is 0.903. The second kappa shape index (κ2) is 2.87. The summed E-state index contributed by atoms with van der Waals surface area (Å²) in [5, 5.41) is 1.96. The van der Waals surface area contributed by atoms with Crippen molar-refractivity contribution in [2.45, 2.75) is 0 Å². The van der Waals surface area contributed by atoms with Crippen molar-refractivity contribution in [3.05, 3.63) is 19.2 Å². The largest absolute Gasteiger partial charge is 0.134 e. The lowest BCUT2D eigenvalue weighted by molar-refractivity contribution is 1.74. The molecule has 0 aliphatic carbocycles. The summed E-state index contributed by atoms with van der Waals surface area (Å²) in [6, 6.07) is 0. The highest BCUT2D eigenvalue weighted by Gasteiger charge is 2.02. The molecule has 1 rings (SSSR count). The average Bonchev–Trinajstić information content (AvgIpc) is 2.12. The van der Waals surface area contributed by atoms with Gasteiger partial charge in [0.1, 0.15) is 0 Å². The summed E-state index contributed by atoms with van der Waals surface area (Å²) in [4.78, 5) is 0. The van der Waals surface area contributed by atoms with Crippen LogP contribution in [-0.2, 0) is 0 Å². The monoisotopic (exact) mass is 264 g/mol. The predicted octanol–water partition coefficient (Wildman–Crippen LogP) is 3.25. The molecule has 0 aliphatic heterocycles. The van der Waals surface area contributed by atoms with Gasteiger partial charge in [-0.1, -0.05) is 5.92 Å². The normalized spacial score (nSPS) is 9.00. The molecule has 0 bridgehead atoms. The van der Waals surface area contributed by atoms with E-state index in [2.05, 4.69) is 37.8 Å². The fraction of sp³-hybridized carbons (Fsp3) is 0. The van der Waals surface area contributed by atoms with Crippen LogP contribution in [0, 0.1) is 12.3 Å². The van der Waals surface area contributed by atoms with E-state index in [0.29, 0.717) is 0 Å². The molecule has 0 spiro atoms. The Hall–Kier alpha value is 0.220. The molecule has 0 nitrogen and oxygen atoms in total. The van der Waals surface area contributed by atoms with Crippen molar-refractivity contribution in [2.24, 2.45) is 0 Å². The summed E-state index contributed by atoms with van der Waals surface area (Å²) in [6.45, 7) is 0. The Morgan fingerprint density at radius 1 is 1.56 bits per heavy atom. The van der Waals surface area contributed by atoms with Gasteiger partial charge in [-0.3, -0.25) is 0 Å². The maximum atomic E-state index is 5.19. The van der Waals surface area contributed by atoms with Gasteiger partial charge in [0.2, 0.25) is 0 Å². The maximum Gasteiger partial charge on any atom is 0.0866 e. The van der Waals surface area contributed by atoms with E-state index in [1.54, 1.807) is 11.3 Å². The molecule has 1 heterocycles. The molecule has 0 fully saturated rings. The fourth-order valence-corrected chi connectivity index (χ4v) is 2.65. The number of hydrogen-bond acceptors (Lipinski definition) is 1. The number of thiophene rings is 1. The molecule has 0 unspecified atom stereocenters. The van der Waals surface area contributed by atoms with E-state index in [1.165, 1.54) is 0 Å². The summed E-state index contributed by atoms with van der Waals surface area (Å²) in [6.07, 6.45) is 5.19. The minimum absolute atomic E-state index is 0.903. The number of rotatable bonds is 0. The van der Waals surface area contributed by atoms with E-state index < -0.39 is 0 Å². The van der Waals surface area contributed by atoms with Crippen LogP contribution >= 0.6 is 43.2 Å². The van der Waals surface area contributed by atoms with Crippen LogP contribution in [0.1, 0.15) is 5.56 Å². The standard InChI is InChI=1S/C6H2Br2S/c1-2-4-5(7)3-9-6(4)8/h1,3H. The van der Waals surface area contributed by atoms with Crippen LogP contribution in [0.25, 0.3) is 0 Å². The van der Waals surface area contributed by atoms with E-state index in [0.717, 1.165) is 13.8 Å². The van der Waals surface area contributed by atoms with E-state index in [-0.39, 0.29) is 0 Å². The van der Waals surface area contributed by atoms with Crippen LogP contribution in [0.5, 0.6) is 0 Å². The van der Waals surface area contributed by atoms with E-state index in [1.807, 2.05) is 5.38 Å². The van der Waals surface area contributed by atoms with Gasteiger partial charge in [0.25, 0.3) is 0 Å². The molecule has 9 heavy (non-hydrogen) atoms. The van der Waals surface area contributed by atoms with Gasteiger partial charge in [-0.15, -0.1) is 17.8 Å². The Kier molecular flexibility index (Phi) is 2.34. The quantitative estimate of drug-likeness (QED) is 0.632. The lowest BCUT2D eigenvalue weighted by atomic mass is 10.4. The SMILES string of the molecule is C#Cc1c(Br)csc1Br. The molecule has 0 atom stereocenters. The molecule has 0 saturated heterocycles. The topological polar surface area (TPSA) is 0 Å². The summed E-state index contributed by atoms with van der Waals surface area (Å²) >= 11 is 8.22. The Labute approximate surface area is 74.5 Å². The van der Waals surface area contributed by atoms with Crippen LogP contribution in [-0.4, -0.2) is 0 Å². The summed E-state index contributed by atoms with van der Waals surface area (Å²) < 4.78 is 2.00. The molecule has 46 valence electrons. The molecule has 3 heteroatoms. The summed E-state index contributed by atoms with van der Waals surface area (Å²) in [5.74, 6) is 2.56. The Balaban J connectivity index is 3.27. The Morgan fingerprint density at radius 2 is 2.22 bits per heavy atom. The van der Waals surface area contributed by atoms with Crippen LogP contribution in [0.15, 0.2) is 13.6 Å². The number of terminal acetylenes is 1. The van der Waals surface area contributed by atoms with Crippen molar-refractivity contribution in [1.29, 1.82) is 0 Å². The highest BCUT2D eigenvalue weighted by Crippen LogP contribution is 2.30. The molecule has 0 aliphatic rings. The van der Waals surface area contributed by atoms with Crippen molar-refractivity contribution >= 4 is 43.2 Å². The Morgan fingerprint density at radius 3 is 2.44 bits per heavy atom. The van der Waals surface area contributed by atoms with Crippen molar-refractivity contribution in [3.8, 4) is 12.3 Å². The fourth-order valence-electron chi connectivity index (χ4n) is 0.441. The third kappa shape index (κ3) is 1.37. The zero-order chi connectivity index (χ0) is 6.85. The number of halogens is 2. The maximum absolute atomic E-state index is 5.19. The van der Waals surface area contributed by atoms with E-state index >= 15 is 0 Å². The number of hydrogen-bond donors (Lipinski definition) is 0. The predicted molar refractivity (Wildman–Crippen MR) is 47.7 cm³/mol. The van der Waals surface area contributed by atoms with Crippen LogP contribution in [0.4, 0.5) is 0 Å². The molecule has 0 N–H and O–H groups in total. The highest BCUT2D eigenvalue weighted by atomic mass is 79.9. The average molecular weight is 266 g/mol. The van der Waals surface area contributed by atoms with E-state index in [4.69, 9.17) is 6.42 Å². The molecular weight excluding hydrogens is 264 g/mol. The van der Waals surface area contributed by atoms with Crippen molar-refractivity contribution in [3.63, 3.8) is 0 Å². The van der Waals surface area contributed by atoms with Gasteiger partial charge in [0, 0.05) is 9.85 Å². The molecule has 1 aromatic rings. The smallest absolute Gasteiger partial charge is 0.0866 e. The zero-order valence-corrected chi connectivity index (χ0v) is 8.31. The van der Waals surface area contributed by atoms with Gasteiger partial charge in [-0.25, -0.2) is 0 Å². The first-order chi connectivity index (χ1) is 4.25. The lowest BCUT2D eigenvalue weighted by Crippen LogP contribution is -1.65. The lowest BCUT2D eigenvalue weighted by Gasteiger charge is -1.82. The minimum atomic E-state index is 0.903. The molecule has 0 saturated carbocycles. The van der Waals surface area contributed by atoms with Crippen LogP contribution < -0.4 is 0 Å². The van der Waals surface area contributed by atoms with Crippen molar-refractivity contribution in [1.82, 2.24) is 0 Å². The third-order valence-corrected chi connectivity index (χ3v) is 3.50.